The highest BCUT2D eigenvalue weighted by atomic mass is 32.2. The van der Waals surface area contributed by atoms with Gasteiger partial charge < -0.3 is 4.74 Å². The number of aryl methyl sites for hydroxylation is 2. The summed E-state index contributed by atoms with van der Waals surface area (Å²) in [7, 11) is 1.43. The summed E-state index contributed by atoms with van der Waals surface area (Å²) in [6, 6.07) is 6.46. The summed E-state index contributed by atoms with van der Waals surface area (Å²) in [5.41, 5.74) is 3.79. The first-order valence-corrected chi connectivity index (χ1v) is 6.34. The van der Waals surface area contributed by atoms with Gasteiger partial charge in [-0.1, -0.05) is 29.3 Å². The Hall–Kier alpha value is -0.960. The van der Waals surface area contributed by atoms with Crippen LogP contribution in [0.4, 0.5) is 0 Å². The van der Waals surface area contributed by atoms with Crippen molar-refractivity contribution in [3.8, 4) is 0 Å². The fourth-order valence-corrected chi connectivity index (χ4v) is 2.45. The Morgan fingerprint density at radius 2 is 1.88 bits per heavy atom. The minimum Gasteiger partial charge on any atom is -0.468 e. The lowest BCUT2D eigenvalue weighted by Gasteiger charge is -2.09. The summed E-state index contributed by atoms with van der Waals surface area (Å²) >= 11 is 1.61. The van der Waals surface area contributed by atoms with Gasteiger partial charge in [-0.15, -0.1) is 11.8 Å². The Balaban J connectivity index is 2.57. The van der Waals surface area contributed by atoms with Crippen LogP contribution < -0.4 is 0 Å². The zero-order valence-electron chi connectivity index (χ0n) is 10.2. The van der Waals surface area contributed by atoms with E-state index in [9.17, 15) is 4.79 Å². The third-order valence-corrected chi connectivity index (χ3v) is 3.51. The standard InChI is InChI=1S/C13H18O2S/c1-9-5-10(2)7-12(6-9)8-16-11(3)13(14)15-4/h5-7,11H,8H2,1-4H3. The summed E-state index contributed by atoms with van der Waals surface area (Å²) in [4.78, 5) is 11.2. The van der Waals surface area contributed by atoms with Gasteiger partial charge in [0.2, 0.25) is 0 Å². The zero-order chi connectivity index (χ0) is 12.1. The molecule has 0 saturated heterocycles. The van der Waals surface area contributed by atoms with Gasteiger partial charge in [-0.25, -0.2) is 0 Å². The molecule has 2 nitrogen and oxygen atoms in total. The van der Waals surface area contributed by atoms with Crippen LogP contribution in [0.5, 0.6) is 0 Å². The van der Waals surface area contributed by atoms with Crippen LogP contribution in [0.3, 0.4) is 0 Å². The fourth-order valence-electron chi connectivity index (χ4n) is 1.61. The summed E-state index contributed by atoms with van der Waals surface area (Å²) in [5.74, 6) is 0.688. The van der Waals surface area contributed by atoms with Gasteiger partial charge in [-0.05, 0) is 26.3 Å². The summed E-state index contributed by atoms with van der Waals surface area (Å²) in [6.45, 7) is 6.05. The molecule has 0 N–H and O–H groups in total. The first kappa shape index (κ1) is 13.1. The Morgan fingerprint density at radius 1 is 1.31 bits per heavy atom. The van der Waals surface area contributed by atoms with E-state index in [4.69, 9.17) is 0 Å². The number of esters is 1. The van der Waals surface area contributed by atoms with Gasteiger partial charge in [0.1, 0.15) is 0 Å². The highest BCUT2D eigenvalue weighted by Crippen LogP contribution is 2.20. The van der Waals surface area contributed by atoms with Gasteiger partial charge in [-0.2, -0.15) is 0 Å². The topological polar surface area (TPSA) is 26.3 Å². The van der Waals surface area contributed by atoms with Crippen LogP contribution in [0.2, 0.25) is 0 Å². The highest BCUT2D eigenvalue weighted by molar-refractivity contribution is 7.99. The van der Waals surface area contributed by atoms with E-state index in [0.717, 1.165) is 5.75 Å². The molecule has 0 spiro atoms. The summed E-state index contributed by atoms with van der Waals surface area (Å²) in [6.07, 6.45) is 0. The van der Waals surface area contributed by atoms with E-state index in [-0.39, 0.29) is 11.2 Å². The number of carbonyl (C=O) groups excluding carboxylic acids is 1. The monoisotopic (exact) mass is 238 g/mol. The lowest BCUT2D eigenvalue weighted by atomic mass is 10.1. The molecular formula is C13H18O2S. The lowest BCUT2D eigenvalue weighted by molar-refractivity contribution is -0.139. The molecule has 0 radical (unpaired) electrons. The highest BCUT2D eigenvalue weighted by Gasteiger charge is 2.13. The quantitative estimate of drug-likeness (QED) is 0.754. The Morgan fingerprint density at radius 3 is 2.38 bits per heavy atom. The first-order valence-electron chi connectivity index (χ1n) is 5.29. The zero-order valence-corrected chi connectivity index (χ0v) is 11.1. The number of carbonyl (C=O) groups is 1. The second-order valence-corrected chi connectivity index (χ2v) is 5.30. The minimum absolute atomic E-state index is 0.106. The van der Waals surface area contributed by atoms with Crippen LogP contribution in [0.15, 0.2) is 18.2 Å². The van der Waals surface area contributed by atoms with Crippen molar-refractivity contribution in [2.45, 2.75) is 31.8 Å². The lowest BCUT2D eigenvalue weighted by Crippen LogP contribution is -2.14. The second kappa shape index (κ2) is 5.94. The van der Waals surface area contributed by atoms with Crippen LogP contribution in [-0.4, -0.2) is 18.3 Å². The number of ether oxygens (including phenoxy) is 1. The molecule has 0 fully saturated rings. The average molecular weight is 238 g/mol. The number of hydrogen-bond acceptors (Lipinski definition) is 3. The normalized spacial score (nSPS) is 12.2. The number of rotatable bonds is 4. The molecule has 0 aromatic heterocycles. The van der Waals surface area contributed by atoms with Gasteiger partial charge >= 0.3 is 5.97 Å². The van der Waals surface area contributed by atoms with Crippen molar-refractivity contribution >= 4 is 17.7 Å². The maximum absolute atomic E-state index is 11.2. The Kier molecular flexibility index (Phi) is 4.87. The number of thioether (sulfide) groups is 1. The number of methoxy groups -OCH3 is 1. The smallest absolute Gasteiger partial charge is 0.318 e. The van der Waals surface area contributed by atoms with E-state index in [1.165, 1.54) is 23.8 Å². The maximum atomic E-state index is 11.2. The molecule has 0 heterocycles. The van der Waals surface area contributed by atoms with Crippen molar-refractivity contribution in [1.82, 2.24) is 0 Å². The molecule has 1 aromatic carbocycles. The SMILES string of the molecule is COC(=O)C(C)SCc1cc(C)cc(C)c1. The van der Waals surface area contributed by atoms with Gasteiger partial charge in [0.15, 0.2) is 0 Å². The summed E-state index contributed by atoms with van der Waals surface area (Å²) in [5, 5.41) is -0.106. The van der Waals surface area contributed by atoms with Crippen LogP contribution in [0.25, 0.3) is 0 Å². The molecule has 3 heteroatoms. The van der Waals surface area contributed by atoms with Crippen LogP contribution in [0.1, 0.15) is 23.6 Å². The van der Waals surface area contributed by atoms with Crippen molar-refractivity contribution < 1.29 is 9.53 Å². The molecule has 0 aliphatic carbocycles. The molecule has 1 rings (SSSR count). The molecule has 88 valence electrons. The van der Waals surface area contributed by atoms with Crippen molar-refractivity contribution in [2.75, 3.05) is 7.11 Å². The van der Waals surface area contributed by atoms with E-state index in [0.29, 0.717) is 0 Å². The van der Waals surface area contributed by atoms with Crippen LogP contribution >= 0.6 is 11.8 Å². The average Bonchev–Trinajstić information content (AvgIpc) is 2.23. The van der Waals surface area contributed by atoms with Crippen LogP contribution in [-0.2, 0) is 15.3 Å². The molecule has 0 saturated carbocycles. The van der Waals surface area contributed by atoms with E-state index in [1.807, 2.05) is 6.92 Å². The van der Waals surface area contributed by atoms with E-state index >= 15 is 0 Å². The number of benzene rings is 1. The second-order valence-electron chi connectivity index (χ2n) is 3.97. The molecule has 0 amide bonds. The Bertz CT molecular complexity index is 354. The molecule has 1 atom stereocenters. The molecule has 1 aromatic rings. The van der Waals surface area contributed by atoms with Gasteiger partial charge in [0, 0.05) is 5.75 Å². The van der Waals surface area contributed by atoms with E-state index < -0.39 is 0 Å². The fraction of sp³-hybridized carbons (Fsp3) is 0.462. The van der Waals surface area contributed by atoms with Gasteiger partial charge in [0.25, 0.3) is 0 Å². The van der Waals surface area contributed by atoms with Crippen molar-refractivity contribution in [2.24, 2.45) is 0 Å². The molecular weight excluding hydrogens is 220 g/mol. The van der Waals surface area contributed by atoms with Crippen molar-refractivity contribution in [3.05, 3.63) is 34.9 Å². The summed E-state index contributed by atoms with van der Waals surface area (Å²) < 4.78 is 4.69. The largest absolute Gasteiger partial charge is 0.468 e. The molecule has 1 unspecified atom stereocenters. The predicted octanol–water partition coefficient (Wildman–Crippen LogP) is 3.10. The van der Waals surface area contributed by atoms with Crippen molar-refractivity contribution in [1.29, 1.82) is 0 Å². The third kappa shape index (κ3) is 3.89. The van der Waals surface area contributed by atoms with Gasteiger partial charge in [0.05, 0.1) is 12.4 Å². The van der Waals surface area contributed by atoms with E-state index in [2.05, 4.69) is 36.8 Å². The van der Waals surface area contributed by atoms with Gasteiger partial charge in [-0.3, -0.25) is 4.79 Å². The van der Waals surface area contributed by atoms with E-state index in [1.54, 1.807) is 11.8 Å². The first-order chi connectivity index (χ1) is 7.52. The Labute approximate surface area is 101 Å². The molecule has 0 aliphatic rings. The third-order valence-electron chi connectivity index (χ3n) is 2.31. The maximum Gasteiger partial charge on any atom is 0.318 e. The van der Waals surface area contributed by atoms with Crippen molar-refractivity contribution in [3.63, 3.8) is 0 Å². The predicted molar refractivity (Wildman–Crippen MR) is 68.7 cm³/mol. The number of hydrogen-bond donors (Lipinski definition) is 0. The van der Waals surface area contributed by atoms with Crippen LogP contribution in [0, 0.1) is 13.8 Å². The minimum atomic E-state index is -0.158. The molecule has 0 bridgehead atoms. The molecule has 0 aliphatic heterocycles. The molecule has 16 heavy (non-hydrogen) atoms.